The standard InChI is InChI=1S/C20H27NO6/c1-19(2,3)27-18(24)21-14(11-13-9-7-6-8-10-13)12-15-16(22)25-20(4,5)26-17(15)23/h6-10,14-15H,11-12H2,1-5H3,(H,21,24). The maximum atomic E-state index is 12.3. The maximum absolute atomic E-state index is 12.3. The molecule has 0 aromatic heterocycles. The van der Waals surface area contributed by atoms with Crippen LogP contribution < -0.4 is 5.32 Å². The first-order chi connectivity index (χ1) is 12.5. The average molecular weight is 377 g/mol. The first-order valence-corrected chi connectivity index (χ1v) is 8.94. The van der Waals surface area contributed by atoms with Gasteiger partial charge in [0.15, 0.2) is 5.92 Å². The van der Waals surface area contributed by atoms with Crippen LogP contribution in [0.25, 0.3) is 0 Å². The van der Waals surface area contributed by atoms with Gasteiger partial charge in [0, 0.05) is 19.9 Å². The molecule has 0 spiro atoms. The second-order valence-electron chi connectivity index (χ2n) is 8.06. The molecule has 1 N–H and O–H groups in total. The molecule has 1 amide bonds. The van der Waals surface area contributed by atoms with Crippen LogP contribution in [0.2, 0.25) is 0 Å². The lowest BCUT2D eigenvalue weighted by Gasteiger charge is -2.34. The number of ether oxygens (including phenoxy) is 3. The van der Waals surface area contributed by atoms with Crippen molar-refractivity contribution in [1.29, 1.82) is 0 Å². The Hall–Kier alpha value is -2.57. The molecule has 1 unspecified atom stereocenters. The Bertz CT molecular complexity index is 672. The normalized spacial score (nSPS) is 18.3. The quantitative estimate of drug-likeness (QED) is 0.627. The molecule has 1 fully saturated rings. The van der Waals surface area contributed by atoms with Crippen LogP contribution in [0.1, 0.15) is 46.6 Å². The lowest BCUT2D eigenvalue weighted by molar-refractivity contribution is -0.240. The van der Waals surface area contributed by atoms with Gasteiger partial charge in [-0.25, -0.2) is 4.79 Å². The van der Waals surface area contributed by atoms with Crippen molar-refractivity contribution < 1.29 is 28.6 Å². The first kappa shape index (κ1) is 20.7. The van der Waals surface area contributed by atoms with Gasteiger partial charge in [0.2, 0.25) is 0 Å². The molecule has 0 saturated carbocycles. The van der Waals surface area contributed by atoms with E-state index >= 15 is 0 Å². The second kappa shape index (κ2) is 7.98. The summed E-state index contributed by atoms with van der Waals surface area (Å²) in [6.07, 6.45) is -0.121. The van der Waals surface area contributed by atoms with Crippen LogP contribution in [0.15, 0.2) is 30.3 Å². The fourth-order valence-corrected chi connectivity index (χ4v) is 2.79. The Morgan fingerprint density at radius 3 is 2.22 bits per heavy atom. The van der Waals surface area contributed by atoms with E-state index in [1.165, 1.54) is 13.8 Å². The predicted octanol–water partition coefficient (Wildman–Crippen LogP) is 2.96. The van der Waals surface area contributed by atoms with Gasteiger partial charge in [0.05, 0.1) is 0 Å². The molecule has 0 radical (unpaired) electrons. The Labute approximate surface area is 159 Å². The zero-order valence-corrected chi connectivity index (χ0v) is 16.4. The van der Waals surface area contributed by atoms with Crippen molar-refractivity contribution in [1.82, 2.24) is 5.32 Å². The average Bonchev–Trinajstić information content (AvgIpc) is 2.49. The minimum atomic E-state index is -1.28. The molecule has 0 bridgehead atoms. The van der Waals surface area contributed by atoms with Crippen molar-refractivity contribution in [2.75, 3.05) is 0 Å². The molecule has 27 heavy (non-hydrogen) atoms. The van der Waals surface area contributed by atoms with Crippen LogP contribution in [-0.2, 0) is 30.2 Å². The van der Waals surface area contributed by atoms with Gasteiger partial charge >= 0.3 is 18.0 Å². The molecule has 7 heteroatoms. The number of amides is 1. The summed E-state index contributed by atoms with van der Waals surface area (Å²) in [5.74, 6) is -3.68. The summed E-state index contributed by atoms with van der Waals surface area (Å²) in [6.45, 7) is 8.28. The predicted molar refractivity (Wildman–Crippen MR) is 97.7 cm³/mol. The van der Waals surface area contributed by atoms with E-state index in [2.05, 4.69) is 5.32 Å². The van der Waals surface area contributed by atoms with E-state index in [-0.39, 0.29) is 6.42 Å². The number of carbonyl (C=O) groups is 3. The molecule has 7 nitrogen and oxygen atoms in total. The summed E-state index contributed by atoms with van der Waals surface area (Å²) in [5, 5.41) is 2.75. The summed E-state index contributed by atoms with van der Waals surface area (Å²) < 4.78 is 15.6. The van der Waals surface area contributed by atoms with Gasteiger partial charge in [-0.1, -0.05) is 30.3 Å². The minimum absolute atomic E-state index is 0.0574. The van der Waals surface area contributed by atoms with Crippen LogP contribution >= 0.6 is 0 Å². The Balaban J connectivity index is 2.13. The second-order valence-corrected chi connectivity index (χ2v) is 8.06. The van der Waals surface area contributed by atoms with Gasteiger partial charge in [-0.3, -0.25) is 9.59 Å². The number of cyclic esters (lactones) is 2. The van der Waals surface area contributed by atoms with E-state index < -0.39 is 41.4 Å². The number of carbonyl (C=O) groups excluding carboxylic acids is 3. The highest BCUT2D eigenvalue weighted by molar-refractivity contribution is 5.96. The molecule has 2 rings (SSSR count). The highest BCUT2D eigenvalue weighted by atomic mass is 16.7. The third kappa shape index (κ3) is 6.58. The number of benzene rings is 1. The lowest BCUT2D eigenvalue weighted by Crippen LogP contribution is -2.49. The molecule has 1 heterocycles. The van der Waals surface area contributed by atoms with E-state index in [1.807, 2.05) is 30.3 Å². The monoisotopic (exact) mass is 377 g/mol. The number of rotatable bonds is 5. The van der Waals surface area contributed by atoms with Gasteiger partial charge in [0.1, 0.15) is 5.60 Å². The van der Waals surface area contributed by atoms with Crippen LogP contribution in [-0.4, -0.2) is 35.5 Å². The zero-order chi connectivity index (χ0) is 20.2. The highest BCUT2D eigenvalue weighted by Crippen LogP contribution is 2.26. The first-order valence-electron chi connectivity index (χ1n) is 8.94. The number of esters is 2. The summed E-state index contributed by atoms with van der Waals surface area (Å²) in [6, 6.07) is 8.96. The minimum Gasteiger partial charge on any atom is -0.444 e. The smallest absolute Gasteiger partial charge is 0.407 e. The summed E-state index contributed by atoms with van der Waals surface area (Å²) in [7, 11) is 0. The van der Waals surface area contributed by atoms with Crippen molar-refractivity contribution in [2.45, 2.75) is 64.9 Å². The van der Waals surface area contributed by atoms with Gasteiger partial charge in [-0.15, -0.1) is 0 Å². The van der Waals surface area contributed by atoms with E-state index in [0.29, 0.717) is 6.42 Å². The number of alkyl carbamates (subject to hydrolysis) is 1. The van der Waals surface area contributed by atoms with Gasteiger partial charge in [-0.05, 0) is 39.2 Å². The molecule has 1 aromatic rings. The lowest BCUT2D eigenvalue weighted by atomic mass is 9.94. The molecule has 1 aliphatic rings. The van der Waals surface area contributed by atoms with E-state index in [9.17, 15) is 14.4 Å². The van der Waals surface area contributed by atoms with Crippen LogP contribution in [0.5, 0.6) is 0 Å². The summed E-state index contributed by atoms with van der Waals surface area (Å²) in [5.41, 5.74) is 0.296. The Kier molecular flexibility index (Phi) is 6.13. The van der Waals surface area contributed by atoms with E-state index in [1.54, 1.807) is 20.8 Å². The molecule has 1 aliphatic heterocycles. The van der Waals surface area contributed by atoms with Gasteiger partial charge in [-0.2, -0.15) is 0 Å². The summed E-state index contributed by atoms with van der Waals surface area (Å²) >= 11 is 0. The van der Waals surface area contributed by atoms with Crippen molar-refractivity contribution in [2.24, 2.45) is 5.92 Å². The van der Waals surface area contributed by atoms with Crippen LogP contribution in [0, 0.1) is 5.92 Å². The highest BCUT2D eigenvalue weighted by Gasteiger charge is 2.44. The molecule has 0 aliphatic carbocycles. The number of nitrogens with one attached hydrogen (secondary N) is 1. The molecular formula is C20H27NO6. The van der Waals surface area contributed by atoms with Crippen LogP contribution in [0.4, 0.5) is 4.79 Å². The van der Waals surface area contributed by atoms with Crippen molar-refractivity contribution in [3.8, 4) is 0 Å². The summed E-state index contributed by atoms with van der Waals surface area (Å²) in [4.78, 5) is 36.7. The van der Waals surface area contributed by atoms with Crippen molar-refractivity contribution in [3.05, 3.63) is 35.9 Å². The van der Waals surface area contributed by atoms with E-state index in [0.717, 1.165) is 5.56 Å². The SMILES string of the molecule is CC(C)(C)OC(=O)NC(Cc1ccccc1)CC1C(=O)OC(C)(C)OC1=O. The number of hydrogen-bond donors (Lipinski definition) is 1. The van der Waals surface area contributed by atoms with Crippen LogP contribution in [0.3, 0.4) is 0 Å². The zero-order valence-electron chi connectivity index (χ0n) is 16.4. The van der Waals surface area contributed by atoms with Crippen molar-refractivity contribution >= 4 is 18.0 Å². The topological polar surface area (TPSA) is 90.9 Å². The molecule has 1 aromatic carbocycles. The molecular weight excluding hydrogens is 350 g/mol. The Morgan fingerprint density at radius 2 is 1.70 bits per heavy atom. The third-order valence-corrected chi connectivity index (χ3v) is 3.83. The maximum Gasteiger partial charge on any atom is 0.407 e. The Morgan fingerprint density at radius 1 is 1.15 bits per heavy atom. The van der Waals surface area contributed by atoms with Gasteiger partial charge in [0.25, 0.3) is 5.79 Å². The van der Waals surface area contributed by atoms with E-state index in [4.69, 9.17) is 14.2 Å². The molecule has 1 saturated heterocycles. The largest absolute Gasteiger partial charge is 0.444 e. The molecule has 1 atom stereocenters. The number of hydrogen-bond acceptors (Lipinski definition) is 6. The van der Waals surface area contributed by atoms with Crippen molar-refractivity contribution in [3.63, 3.8) is 0 Å². The molecule has 148 valence electrons. The fraction of sp³-hybridized carbons (Fsp3) is 0.550. The van der Waals surface area contributed by atoms with Gasteiger partial charge < -0.3 is 19.5 Å². The fourth-order valence-electron chi connectivity index (χ4n) is 2.79. The third-order valence-electron chi connectivity index (χ3n) is 3.83.